The third-order valence-corrected chi connectivity index (χ3v) is 6.61. The number of anilines is 1. The maximum Gasteiger partial charge on any atom is 0.300 e. The average Bonchev–Trinajstić information content (AvgIpc) is 3.44. The topological polar surface area (TPSA) is 66.8 Å². The predicted molar refractivity (Wildman–Crippen MR) is 132 cm³/mol. The van der Waals surface area contributed by atoms with Gasteiger partial charge in [-0.15, -0.1) is 11.3 Å². The van der Waals surface area contributed by atoms with Crippen molar-refractivity contribution in [1.82, 2.24) is 0 Å². The summed E-state index contributed by atoms with van der Waals surface area (Å²) < 4.78 is 5.75. The van der Waals surface area contributed by atoms with E-state index in [1.165, 1.54) is 16.2 Å². The Bertz CT molecular complexity index is 1170. The zero-order valence-corrected chi connectivity index (χ0v) is 19.6. The molecule has 1 atom stereocenters. The van der Waals surface area contributed by atoms with E-state index < -0.39 is 17.7 Å². The maximum absolute atomic E-state index is 13.1. The smallest absolute Gasteiger partial charge is 0.300 e. The Morgan fingerprint density at radius 1 is 1.06 bits per heavy atom. The predicted octanol–water partition coefficient (Wildman–Crippen LogP) is 6.25. The summed E-state index contributed by atoms with van der Waals surface area (Å²) in [5.74, 6) is -0.805. The van der Waals surface area contributed by atoms with E-state index in [1.807, 2.05) is 48.7 Å². The van der Waals surface area contributed by atoms with E-state index in [0.29, 0.717) is 23.6 Å². The number of aliphatic hydroxyl groups excluding tert-OH is 1. The average molecular weight is 462 g/mol. The van der Waals surface area contributed by atoms with Crippen molar-refractivity contribution in [3.63, 3.8) is 0 Å². The fraction of sp³-hybridized carbons (Fsp3) is 0.259. The number of hydrogen-bond acceptors (Lipinski definition) is 5. The lowest BCUT2D eigenvalue weighted by Gasteiger charge is -2.24. The third kappa shape index (κ3) is 4.71. The van der Waals surface area contributed by atoms with Crippen molar-refractivity contribution in [2.24, 2.45) is 0 Å². The van der Waals surface area contributed by atoms with Crippen LogP contribution in [-0.4, -0.2) is 23.4 Å². The van der Waals surface area contributed by atoms with Gasteiger partial charge in [-0.2, -0.15) is 0 Å². The highest BCUT2D eigenvalue weighted by Gasteiger charge is 2.47. The highest BCUT2D eigenvalue weighted by atomic mass is 32.1. The van der Waals surface area contributed by atoms with Crippen molar-refractivity contribution in [2.45, 2.75) is 39.2 Å². The molecule has 2 heterocycles. The number of rotatable bonds is 8. The Balaban J connectivity index is 1.71. The van der Waals surface area contributed by atoms with E-state index in [2.05, 4.69) is 6.92 Å². The standard InChI is InChI=1S/C27H27NO4S/c1-3-4-5-15-32-21-13-11-19(12-14-21)25(29)23-24(22-10-7-16-33-22)28(27(31)26(23)30)20-9-6-8-18(2)17-20/h6-14,16-17,24,29H,3-5,15H2,1-2H3/b25-23-. The molecule has 1 unspecified atom stereocenters. The summed E-state index contributed by atoms with van der Waals surface area (Å²) in [5, 5.41) is 13.1. The van der Waals surface area contributed by atoms with Crippen LogP contribution in [-0.2, 0) is 9.59 Å². The molecule has 1 amide bonds. The summed E-state index contributed by atoms with van der Waals surface area (Å²) in [6, 6.07) is 17.5. The van der Waals surface area contributed by atoms with Gasteiger partial charge in [0.25, 0.3) is 11.7 Å². The molecule has 1 aliphatic heterocycles. The van der Waals surface area contributed by atoms with E-state index in [4.69, 9.17) is 4.74 Å². The van der Waals surface area contributed by atoms with Gasteiger partial charge in [-0.3, -0.25) is 14.5 Å². The molecule has 33 heavy (non-hydrogen) atoms. The van der Waals surface area contributed by atoms with Gasteiger partial charge in [-0.05, 0) is 66.8 Å². The number of aryl methyl sites for hydroxylation is 1. The fourth-order valence-corrected chi connectivity index (χ4v) is 4.82. The Kier molecular flexibility index (Phi) is 6.94. The van der Waals surface area contributed by atoms with Crippen LogP contribution in [0, 0.1) is 6.92 Å². The van der Waals surface area contributed by atoms with E-state index in [-0.39, 0.29) is 11.3 Å². The van der Waals surface area contributed by atoms with E-state index in [0.717, 1.165) is 29.7 Å². The van der Waals surface area contributed by atoms with Crippen LogP contribution in [0.1, 0.15) is 48.2 Å². The molecule has 0 radical (unpaired) electrons. The summed E-state index contributed by atoms with van der Waals surface area (Å²) in [6.45, 7) is 4.72. The molecule has 0 aliphatic carbocycles. The summed E-state index contributed by atoms with van der Waals surface area (Å²) >= 11 is 1.45. The number of nitrogens with zero attached hydrogens (tertiary/aromatic N) is 1. The quantitative estimate of drug-likeness (QED) is 0.186. The molecule has 4 rings (SSSR count). The van der Waals surface area contributed by atoms with E-state index >= 15 is 0 Å². The van der Waals surface area contributed by atoms with Crippen LogP contribution in [0.4, 0.5) is 5.69 Å². The Morgan fingerprint density at radius 3 is 2.52 bits per heavy atom. The first kappa shape index (κ1) is 22.8. The fourth-order valence-electron chi connectivity index (χ4n) is 4.00. The number of carbonyl (C=O) groups is 2. The number of unbranched alkanes of at least 4 members (excludes halogenated alkanes) is 2. The second-order valence-corrected chi connectivity index (χ2v) is 9.08. The Labute approximate surface area is 197 Å². The van der Waals surface area contributed by atoms with Crippen LogP contribution < -0.4 is 9.64 Å². The monoisotopic (exact) mass is 461 g/mol. The normalized spacial score (nSPS) is 17.5. The highest BCUT2D eigenvalue weighted by molar-refractivity contribution is 7.10. The SMILES string of the molecule is CCCCCOc1ccc(/C(O)=C2/C(=O)C(=O)N(c3cccc(C)c3)C2c2cccs2)cc1. The van der Waals surface area contributed by atoms with Crippen molar-refractivity contribution in [1.29, 1.82) is 0 Å². The molecule has 1 fully saturated rings. The van der Waals surface area contributed by atoms with Crippen LogP contribution in [0.3, 0.4) is 0 Å². The molecule has 1 aromatic heterocycles. The second-order valence-electron chi connectivity index (χ2n) is 8.10. The van der Waals surface area contributed by atoms with Crippen molar-refractivity contribution in [3.8, 4) is 5.75 Å². The number of Topliss-reactive ketones (excluding diaryl/α,β-unsaturated/α-hetero) is 1. The minimum absolute atomic E-state index is 0.0978. The molecule has 2 aromatic carbocycles. The minimum atomic E-state index is -0.688. The Hall–Kier alpha value is -3.38. The van der Waals surface area contributed by atoms with Gasteiger partial charge >= 0.3 is 0 Å². The van der Waals surface area contributed by atoms with Crippen molar-refractivity contribution in [3.05, 3.63) is 87.6 Å². The van der Waals surface area contributed by atoms with Crippen LogP contribution in [0.5, 0.6) is 5.75 Å². The van der Waals surface area contributed by atoms with Crippen LogP contribution in [0.2, 0.25) is 0 Å². The van der Waals surface area contributed by atoms with Crippen LogP contribution in [0.15, 0.2) is 71.6 Å². The lowest BCUT2D eigenvalue weighted by Crippen LogP contribution is -2.29. The van der Waals surface area contributed by atoms with Gasteiger partial charge in [0.1, 0.15) is 17.6 Å². The molecule has 1 saturated heterocycles. The number of hydrogen-bond donors (Lipinski definition) is 1. The lowest BCUT2D eigenvalue weighted by molar-refractivity contribution is -0.132. The molecule has 5 nitrogen and oxygen atoms in total. The summed E-state index contributed by atoms with van der Waals surface area (Å²) in [5.41, 5.74) is 2.18. The first-order chi connectivity index (χ1) is 16.0. The first-order valence-corrected chi connectivity index (χ1v) is 12.0. The van der Waals surface area contributed by atoms with Gasteiger partial charge in [0, 0.05) is 16.1 Å². The second kappa shape index (κ2) is 10.0. The van der Waals surface area contributed by atoms with Gasteiger partial charge in [0.2, 0.25) is 0 Å². The maximum atomic E-state index is 13.1. The number of thiophene rings is 1. The number of ether oxygens (including phenoxy) is 1. The molecule has 6 heteroatoms. The molecular weight excluding hydrogens is 434 g/mol. The number of ketones is 1. The van der Waals surface area contributed by atoms with Gasteiger partial charge in [0.15, 0.2) is 0 Å². The molecule has 170 valence electrons. The Morgan fingerprint density at radius 2 is 1.85 bits per heavy atom. The number of amides is 1. The number of carbonyl (C=O) groups excluding carboxylic acids is 2. The number of aliphatic hydroxyl groups is 1. The number of benzene rings is 2. The molecule has 0 saturated carbocycles. The van der Waals surface area contributed by atoms with Gasteiger partial charge in [-0.25, -0.2) is 0 Å². The molecule has 3 aromatic rings. The van der Waals surface area contributed by atoms with Crippen molar-refractivity contribution in [2.75, 3.05) is 11.5 Å². The summed E-state index contributed by atoms with van der Waals surface area (Å²) in [6.07, 6.45) is 3.23. The van der Waals surface area contributed by atoms with Gasteiger partial charge < -0.3 is 9.84 Å². The zero-order chi connectivity index (χ0) is 23.4. The van der Waals surface area contributed by atoms with E-state index in [1.54, 1.807) is 24.3 Å². The first-order valence-electron chi connectivity index (χ1n) is 11.2. The lowest BCUT2D eigenvalue weighted by atomic mass is 9.99. The van der Waals surface area contributed by atoms with Gasteiger partial charge in [0.05, 0.1) is 12.2 Å². The summed E-state index contributed by atoms with van der Waals surface area (Å²) in [7, 11) is 0. The molecular formula is C27H27NO4S. The summed E-state index contributed by atoms with van der Waals surface area (Å²) in [4.78, 5) is 28.5. The molecule has 1 N–H and O–H groups in total. The minimum Gasteiger partial charge on any atom is -0.507 e. The largest absolute Gasteiger partial charge is 0.507 e. The van der Waals surface area contributed by atoms with Crippen LogP contribution in [0.25, 0.3) is 5.76 Å². The molecule has 0 spiro atoms. The third-order valence-electron chi connectivity index (χ3n) is 5.68. The van der Waals surface area contributed by atoms with Crippen molar-refractivity contribution >= 4 is 34.5 Å². The van der Waals surface area contributed by atoms with E-state index in [9.17, 15) is 14.7 Å². The van der Waals surface area contributed by atoms with Crippen LogP contribution >= 0.6 is 11.3 Å². The molecule has 0 bridgehead atoms. The zero-order valence-electron chi connectivity index (χ0n) is 18.8. The highest BCUT2D eigenvalue weighted by Crippen LogP contribution is 2.43. The van der Waals surface area contributed by atoms with Crippen molar-refractivity contribution < 1.29 is 19.4 Å². The molecule has 1 aliphatic rings. The van der Waals surface area contributed by atoms with Gasteiger partial charge in [-0.1, -0.05) is 38.0 Å².